The van der Waals surface area contributed by atoms with Crippen LogP contribution in [0.25, 0.3) is 11.4 Å². The van der Waals surface area contributed by atoms with Crippen LogP contribution in [0.2, 0.25) is 0 Å². The molecule has 0 saturated heterocycles. The van der Waals surface area contributed by atoms with E-state index in [9.17, 15) is 4.39 Å². The summed E-state index contributed by atoms with van der Waals surface area (Å²) in [4.78, 5) is 0. The van der Waals surface area contributed by atoms with Gasteiger partial charge in [0.2, 0.25) is 0 Å². The molecule has 0 aliphatic rings. The Kier molecular flexibility index (Phi) is 3.66. The summed E-state index contributed by atoms with van der Waals surface area (Å²) in [7, 11) is 0. The molecule has 0 fully saturated rings. The van der Waals surface area contributed by atoms with Crippen LogP contribution in [0.4, 0.5) is 10.1 Å². The zero-order valence-corrected chi connectivity index (χ0v) is 12.5. The van der Waals surface area contributed by atoms with Gasteiger partial charge in [-0.05, 0) is 44.1 Å². The van der Waals surface area contributed by atoms with E-state index < -0.39 is 5.82 Å². The number of tetrazole rings is 1. The summed E-state index contributed by atoms with van der Waals surface area (Å²) in [6.07, 6.45) is 0. The highest BCUT2D eigenvalue weighted by atomic mass is 79.9. The van der Waals surface area contributed by atoms with Gasteiger partial charge < -0.3 is 5.73 Å². The van der Waals surface area contributed by atoms with E-state index in [4.69, 9.17) is 5.73 Å². The van der Waals surface area contributed by atoms with Crippen LogP contribution in [0, 0.1) is 5.82 Å². The van der Waals surface area contributed by atoms with E-state index in [-0.39, 0.29) is 0 Å². The standard InChI is InChI=1S/C14H11BrFN5/c15-11-7-13(17)10(6-12(11)16)14-18-19-20-21(14)8-9-4-2-1-3-5-9/h1-7H,8,17H2. The molecule has 2 N–H and O–H groups in total. The van der Waals surface area contributed by atoms with Gasteiger partial charge in [-0.25, -0.2) is 9.07 Å². The Morgan fingerprint density at radius 1 is 1.19 bits per heavy atom. The zero-order valence-electron chi connectivity index (χ0n) is 10.9. The average Bonchev–Trinajstić information content (AvgIpc) is 2.92. The maximum absolute atomic E-state index is 13.7. The first-order valence-corrected chi connectivity index (χ1v) is 6.99. The predicted molar refractivity (Wildman–Crippen MR) is 80.9 cm³/mol. The fourth-order valence-electron chi connectivity index (χ4n) is 2.02. The van der Waals surface area contributed by atoms with Crippen LogP contribution in [0.1, 0.15) is 5.56 Å². The van der Waals surface area contributed by atoms with E-state index in [1.54, 1.807) is 4.68 Å². The number of hydrogen-bond acceptors (Lipinski definition) is 4. The van der Waals surface area contributed by atoms with Crippen LogP contribution >= 0.6 is 15.9 Å². The first-order valence-electron chi connectivity index (χ1n) is 6.20. The summed E-state index contributed by atoms with van der Waals surface area (Å²) >= 11 is 3.10. The molecular formula is C14H11BrFN5. The van der Waals surface area contributed by atoms with Crippen molar-refractivity contribution < 1.29 is 4.39 Å². The molecule has 0 aliphatic heterocycles. The molecule has 0 bridgehead atoms. The van der Waals surface area contributed by atoms with E-state index in [2.05, 4.69) is 31.5 Å². The minimum Gasteiger partial charge on any atom is -0.398 e. The van der Waals surface area contributed by atoms with Crippen LogP contribution < -0.4 is 5.73 Å². The van der Waals surface area contributed by atoms with Crippen molar-refractivity contribution in [3.63, 3.8) is 0 Å². The lowest BCUT2D eigenvalue weighted by molar-refractivity contribution is 0.620. The summed E-state index contributed by atoms with van der Waals surface area (Å²) in [5.74, 6) is 0.0243. The van der Waals surface area contributed by atoms with E-state index in [1.165, 1.54) is 12.1 Å². The van der Waals surface area contributed by atoms with Crippen LogP contribution in [-0.2, 0) is 6.54 Å². The van der Waals surface area contributed by atoms with Gasteiger partial charge >= 0.3 is 0 Å². The maximum atomic E-state index is 13.7. The van der Waals surface area contributed by atoms with Gasteiger partial charge in [-0.2, -0.15) is 0 Å². The molecule has 0 saturated carbocycles. The van der Waals surface area contributed by atoms with Gasteiger partial charge in [0.1, 0.15) is 5.82 Å². The number of nitrogens with zero attached hydrogens (tertiary/aromatic N) is 4. The molecule has 21 heavy (non-hydrogen) atoms. The highest BCUT2D eigenvalue weighted by Gasteiger charge is 2.15. The van der Waals surface area contributed by atoms with Crippen molar-refractivity contribution in [1.82, 2.24) is 20.2 Å². The first kappa shape index (κ1) is 13.7. The molecule has 7 heteroatoms. The monoisotopic (exact) mass is 347 g/mol. The van der Waals surface area contributed by atoms with Crippen molar-refractivity contribution in [3.8, 4) is 11.4 Å². The van der Waals surface area contributed by atoms with Crippen molar-refractivity contribution in [1.29, 1.82) is 0 Å². The van der Waals surface area contributed by atoms with Crippen LogP contribution in [-0.4, -0.2) is 20.2 Å². The van der Waals surface area contributed by atoms with Crippen molar-refractivity contribution in [2.75, 3.05) is 5.73 Å². The SMILES string of the molecule is Nc1cc(Br)c(F)cc1-c1nnnn1Cc1ccccc1. The Hall–Kier alpha value is -2.28. The van der Waals surface area contributed by atoms with Crippen LogP contribution in [0.15, 0.2) is 46.9 Å². The molecule has 1 heterocycles. The number of anilines is 1. The predicted octanol–water partition coefficient (Wildman–Crippen LogP) is 2.87. The fraction of sp³-hybridized carbons (Fsp3) is 0.0714. The molecule has 2 aromatic carbocycles. The Morgan fingerprint density at radius 3 is 2.71 bits per heavy atom. The van der Waals surface area contributed by atoms with Crippen molar-refractivity contribution in [3.05, 3.63) is 58.3 Å². The summed E-state index contributed by atoms with van der Waals surface area (Å²) in [6, 6.07) is 12.6. The number of halogens is 2. The quantitative estimate of drug-likeness (QED) is 0.739. The summed E-state index contributed by atoms with van der Waals surface area (Å²) in [6.45, 7) is 0.486. The van der Waals surface area contributed by atoms with Crippen LogP contribution in [0.5, 0.6) is 0 Å². The number of nitrogen functional groups attached to an aromatic ring is 1. The van der Waals surface area contributed by atoms with E-state index in [0.29, 0.717) is 28.1 Å². The largest absolute Gasteiger partial charge is 0.398 e. The second-order valence-corrected chi connectivity index (χ2v) is 5.35. The second-order valence-electron chi connectivity index (χ2n) is 4.50. The smallest absolute Gasteiger partial charge is 0.184 e. The van der Waals surface area contributed by atoms with Gasteiger partial charge in [0.15, 0.2) is 5.82 Å². The molecule has 0 atom stereocenters. The molecular weight excluding hydrogens is 337 g/mol. The average molecular weight is 348 g/mol. The molecule has 0 spiro atoms. The fourth-order valence-corrected chi connectivity index (χ4v) is 2.38. The highest BCUT2D eigenvalue weighted by molar-refractivity contribution is 9.10. The third-order valence-electron chi connectivity index (χ3n) is 3.04. The molecule has 3 rings (SSSR count). The van der Waals surface area contributed by atoms with Gasteiger partial charge in [0.25, 0.3) is 0 Å². The number of benzene rings is 2. The first-order chi connectivity index (χ1) is 10.1. The molecule has 106 valence electrons. The third-order valence-corrected chi connectivity index (χ3v) is 3.65. The lowest BCUT2D eigenvalue weighted by Crippen LogP contribution is -2.06. The van der Waals surface area contributed by atoms with Gasteiger partial charge in [-0.1, -0.05) is 30.3 Å². The number of hydrogen-bond donors (Lipinski definition) is 1. The van der Waals surface area contributed by atoms with Crippen molar-refractivity contribution >= 4 is 21.6 Å². The van der Waals surface area contributed by atoms with Gasteiger partial charge in [0, 0.05) is 11.3 Å². The maximum Gasteiger partial charge on any atom is 0.184 e. The van der Waals surface area contributed by atoms with E-state index >= 15 is 0 Å². The Labute approximate surface area is 128 Å². The summed E-state index contributed by atoms with van der Waals surface area (Å²) < 4.78 is 15.6. The Bertz CT molecular complexity index is 772. The van der Waals surface area contributed by atoms with Crippen molar-refractivity contribution in [2.45, 2.75) is 6.54 Å². The molecule has 0 radical (unpaired) electrons. The van der Waals surface area contributed by atoms with Gasteiger partial charge in [0.05, 0.1) is 11.0 Å². The number of aromatic nitrogens is 4. The Morgan fingerprint density at radius 2 is 1.95 bits per heavy atom. The normalized spacial score (nSPS) is 10.8. The second kappa shape index (κ2) is 5.61. The van der Waals surface area contributed by atoms with Crippen molar-refractivity contribution in [2.24, 2.45) is 0 Å². The summed E-state index contributed by atoms with van der Waals surface area (Å²) in [5, 5.41) is 11.6. The summed E-state index contributed by atoms with van der Waals surface area (Å²) in [5.41, 5.74) is 7.86. The van der Waals surface area contributed by atoms with Gasteiger partial charge in [-0.15, -0.1) is 5.10 Å². The Balaban J connectivity index is 2.01. The zero-order chi connectivity index (χ0) is 14.8. The minimum absolute atomic E-state index is 0.311. The van der Waals surface area contributed by atoms with E-state index in [0.717, 1.165) is 5.56 Å². The molecule has 0 unspecified atom stereocenters. The lowest BCUT2D eigenvalue weighted by atomic mass is 10.1. The molecule has 5 nitrogen and oxygen atoms in total. The molecule has 0 amide bonds. The highest BCUT2D eigenvalue weighted by Crippen LogP contribution is 2.29. The number of nitrogens with two attached hydrogens (primary N) is 1. The molecule has 0 aliphatic carbocycles. The minimum atomic E-state index is -0.409. The van der Waals surface area contributed by atoms with Crippen LogP contribution in [0.3, 0.4) is 0 Å². The number of rotatable bonds is 3. The molecule has 3 aromatic rings. The van der Waals surface area contributed by atoms with Gasteiger partial charge in [-0.3, -0.25) is 0 Å². The van der Waals surface area contributed by atoms with E-state index in [1.807, 2.05) is 30.3 Å². The topological polar surface area (TPSA) is 69.6 Å². The molecule has 1 aromatic heterocycles. The lowest BCUT2D eigenvalue weighted by Gasteiger charge is -2.08. The third kappa shape index (κ3) is 2.78.